The molecule has 0 aliphatic heterocycles. The van der Waals surface area contributed by atoms with Crippen molar-refractivity contribution >= 4 is 6.08 Å². The first-order valence-corrected chi connectivity index (χ1v) is 5.78. The van der Waals surface area contributed by atoms with Gasteiger partial charge in [0, 0.05) is 5.92 Å². The number of aryl methyl sites for hydroxylation is 1. The van der Waals surface area contributed by atoms with E-state index in [1.807, 2.05) is 19.1 Å². The number of hydrogen-bond acceptors (Lipinski definition) is 3. The van der Waals surface area contributed by atoms with E-state index in [0.29, 0.717) is 12.5 Å². The van der Waals surface area contributed by atoms with Crippen LogP contribution in [0.5, 0.6) is 5.75 Å². The fourth-order valence-electron chi connectivity index (χ4n) is 1.97. The summed E-state index contributed by atoms with van der Waals surface area (Å²) in [5, 5.41) is 0. The van der Waals surface area contributed by atoms with Crippen LogP contribution in [0.4, 0.5) is 0 Å². The van der Waals surface area contributed by atoms with Crippen LogP contribution in [0, 0.1) is 12.8 Å². The van der Waals surface area contributed by atoms with Crippen LogP contribution in [0.15, 0.2) is 23.2 Å². The number of methoxy groups -OCH3 is 1. The Balaban J connectivity index is 3.02. The Bertz CT molecular complexity index is 420. The second-order valence-corrected chi connectivity index (χ2v) is 4.51. The number of nitrogens with zero attached hydrogens (tertiary/aromatic N) is 1. The van der Waals surface area contributed by atoms with Gasteiger partial charge in [-0.3, -0.25) is 0 Å². The lowest BCUT2D eigenvalue weighted by atomic mass is 9.87. The lowest BCUT2D eigenvalue weighted by molar-refractivity contribution is 0.411. The van der Waals surface area contributed by atoms with E-state index in [2.05, 4.69) is 24.9 Å². The number of isocyanates is 1. The smallest absolute Gasteiger partial charge is 0.234 e. The molecule has 1 unspecified atom stereocenters. The van der Waals surface area contributed by atoms with Crippen molar-refractivity contribution in [1.82, 2.24) is 0 Å². The number of rotatable bonds is 5. The van der Waals surface area contributed by atoms with Crippen molar-refractivity contribution in [2.75, 3.05) is 13.7 Å². The first-order valence-electron chi connectivity index (χ1n) is 5.78. The maximum Gasteiger partial charge on any atom is 0.234 e. The third-order valence-corrected chi connectivity index (χ3v) is 3.00. The second kappa shape index (κ2) is 6.21. The van der Waals surface area contributed by atoms with E-state index < -0.39 is 0 Å². The van der Waals surface area contributed by atoms with Gasteiger partial charge in [0.25, 0.3) is 0 Å². The number of carbonyl (C=O) groups excluding carboxylic acids is 1. The highest BCUT2D eigenvalue weighted by Crippen LogP contribution is 2.28. The second-order valence-electron chi connectivity index (χ2n) is 4.51. The normalized spacial score (nSPS) is 12.1. The van der Waals surface area contributed by atoms with Crippen LogP contribution in [0.3, 0.4) is 0 Å². The van der Waals surface area contributed by atoms with Crippen molar-refractivity contribution < 1.29 is 9.53 Å². The molecule has 0 spiro atoms. The van der Waals surface area contributed by atoms with E-state index in [-0.39, 0.29) is 5.92 Å². The predicted molar refractivity (Wildman–Crippen MR) is 68.3 cm³/mol. The minimum absolute atomic E-state index is 0.251. The van der Waals surface area contributed by atoms with Gasteiger partial charge in [0.05, 0.1) is 13.7 Å². The van der Waals surface area contributed by atoms with Gasteiger partial charge in [0.1, 0.15) is 5.75 Å². The minimum atomic E-state index is 0.251. The fraction of sp³-hybridized carbons (Fsp3) is 0.500. The first kappa shape index (κ1) is 13.5. The zero-order chi connectivity index (χ0) is 12.8. The van der Waals surface area contributed by atoms with Gasteiger partial charge in [-0.1, -0.05) is 26.0 Å². The summed E-state index contributed by atoms with van der Waals surface area (Å²) in [6.45, 7) is 6.77. The third kappa shape index (κ3) is 3.43. The van der Waals surface area contributed by atoms with E-state index in [1.165, 1.54) is 5.56 Å². The van der Waals surface area contributed by atoms with Gasteiger partial charge in [-0.15, -0.1) is 0 Å². The van der Waals surface area contributed by atoms with Crippen molar-refractivity contribution in [3.8, 4) is 5.75 Å². The summed E-state index contributed by atoms with van der Waals surface area (Å²) in [5.74, 6) is 1.57. The summed E-state index contributed by atoms with van der Waals surface area (Å²) in [6, 6.07) is 6.10. The number of hydrogen-bond donors (Lipinski definition) is 0. The molecule has 17 heavy (non-hydrogen) atoms. The van der Waals surface area contributed by atoms with Crippen molar-refractivity contribution in [1.29, 1.82) is 0 Å². The van der Waals surface area contributed by atoms with Gasteiger partial charge in [-0.2, -0.15) is 0 Å². The molecule has 0 aliphatic rings. The maximum atomic E-state index is 10.2. The van der Waals surface area contributed by atoms with Gasteiger partial charge in [-0.05, 0) is 30.0 Å². The average molecular weight is 233 g/mol. The van der Waals surface area contributed by atoms with Crippen LogP contribution in [0.1, 0.15) is 30.9 Å². The molecule has 1 rings (SSSR count). The molecule has 0 saturated carbocycles. The van der Waals surface area contributed by atoms with Crippen molar-refractivity contribution in [3.05, 3.63) is 29.3 Å². The van der Waals surface area contributed by atoms with E-state index in [0.717, 1.165) is 11.3 Å². The largest absolute Gasteiger partial charge is 0.496 e. The topological polar surface area (TPSA) is 38.7 Å². The zero-order valence-corrected chi connectivity index (χ0v) is 10.9. The molecule has 1 atom stereocenters. The molecule has 0 heterocycles. The van der Waals surface area contributed by atoms with E-state index in [1.54, 1.807) is 13.2 Å². The number of benzene rings is 1. The van der Waals surface area contributed by atoms with Gasteiger partial charge in [0.2, 0.25) is 6.08 Å². The summed E-state index contributed by atoms with van der Waals surface area (Å²) in [6.07, 6.45) is 1.61. The number of aliphatic imine (C=N–C) groups is 1. The molecule has 0 aromatic heterocycles. The monoisotopic (exact) mass is 233 g/mol. The van der Waals surface area contributed by atoms with Crippen molar-refractivity contribution in [2.45, 2.75) is 26.7 Å². The third-order valence-electron chi connectivity index (χ3n) is 3.00. The van der Waals surface area contributed by atoms with Gasteiger partial charge in [-0.25, -0.2) is 9.79 Å². The molecular formula is C14H19NO2. The summed E-state index contributed by atoms with van der Waals surface area (Å²) in [7, 11) is 1.67. The Labute approximate surface area is 103 Å². The quantitative estimate of drug-likeness (QED) is 0.579. The summed E-state index contributed by atoms with van der Waals surface area (Å²) >= 11 is 0. The fourth-order valence-corrected chi connectivity index (χ4v) is 1.97. The molecule has 1 aromatic carbocycles. The van der Waals surface area contributed by atoms with Crippen molar-refractivity contribution in [2.24, 2.45) is 10.9 Å². The molecule has 3 heteroatoms. The molecule has 0 bridgehead atoms. The molecular weight excluding hydrogens is 214 g/mol. The molecule has 3 nitrogen and oxygen atoms in total. The maximum absolute atomic E-state index is 10.2. The number of ether oxygens (including phenoxy) is 1. The van der Waals surface area contributed by atoms with Crippen LogP contribution < -0.4 is 4.74 Å². The Morgan fingerprint density at radius 3 is 2.59 bits per heavy atom. The lowest BCUT2D eigenvalue weighted by Gasteiger charge is -2.19. The van der Waals surface area contributed by atoms with Crippen LogP contribution >= 0.6 is 0 Å². The SMILES string of the molecule is COc1ccc(C(CN=C=O)C(C)C)cc1C. The Morgan fingerprint density at radius 1 is 1.41 bits per heavy atom. The highest BCUT2D eigenvalue weighted by molar-refractivity contribution is 5.38. The molecule has 0 N–H and O–H groups in total. The molecule has 1 aromatic rings. The van der Waals surface area contributed by atoms with Crippen LogP contribution in [-0.2, 0) is 4.79 Å². The Kier molecular flexibility index (Phi) is 4.92. The van der Waals surface area contributed by atoms with Crippen LogP contribution in [0.25, 0.3) is 0 Å². The molecule has 0 fully saturated rings. The summed E-state index contributed by atoms with van der Waals surface area (Å²) < 4.78 is 5.24. The van der Waals surface area contributed by atoms with Crippen LogP contribution in [-0.4, -0.2) is 19.7 Å². The zero-order valence-electron chi connectivity index (χ0n) is 10.9. The molecule has 0 aliphatic carbocycles. The van der Waals surface area contributed by atoms with Gasteiger partial charge in [0.15, 0.2) is 0 Å². The van der Waals surface area contributed by atoms with Gasteiger partial charge >= 0.3 is 0 Å². The highest BCUT2D eigenvalue weighted by atomic mass is 16.5. The van der Waals surface area contributed by atoms with Gasteiger partial charge < -0.3 is 4.74 Å². The van der Waals surface area contributed by atoms with E-state index >= 15 is 0 Å². The standard InChI is InChI=1S/C14H19NO2/c1-10(2)13(8-15-9-16)12-5-6-14(17-4)11(3)7-12/h5-7,10,13H,8H2,1-4H3. The Morgan fingerprint density at radius 2 is 2.12 bits per heavy atom. The molecule has 0 amide bonds. The lowest BCUT2D eigenvalue weighted by Crippen LogP contribution is -2.10. The van der Waals surface area contributed by atoms with Crippen LogP contribution in [0.2, 0.25) is 0 Å². The predicted octanol–water partition coefficient (Wildman–Crippen LogP) is 3.08. The molecule has 0 radical (unpaired) electrons. The summed E-state index contributed by atoms with van der Waals surface area (Å²) in [5.41, 5.74) is 2.29. The highest BCUT2D eigenvalue weighted by Gasteiger charge is 2.16. The molecule has 0 saturated heterocycles. The molecule has 92 valence electrons. The summed E-state index contributed by atoms with van der Waals surface area (Å²) in [4.78, 5) is 13.9. The Hall–Kier alpha value is -1.60. The van der Waals surface area contributed by atoms with E-state index in [4.69, 9.17) is 4.74 Å². The van der Waals surface area contributed by atoms with Crippen molar-refractivity contribution in [3.63, 3.8) is 0 Å². The minimum Gasteiger partial charge on any atom is -0.496 e. The van der Waals surface area contributed by atoms with E-state index in [9.17, 15) is 4.79 Å². The first-order chi connectivity index (χ1) is 8.10. The average Bonchev–Trinajstić information content (AvgIpc) is 2.29.